The van der Waals surface area contributed by atoms with Gasteiger partial charge in [-0.25, -0.2) is 0 Å². The van der Waals surface area contributed by atoms with Gasteiger partial charge in [-0.05, 0) is 13.3 Å². The molecule has 1 N–H and O–H groups in total. The van der Waals surface area contributed by atoms with Gasteiger partial charge in [0.2, 0.25) is 0 Å². The molecule has 2 heterocycles. The van der Waals surface area contributed by atoms with Gasteiger partial charge in [0, 0.05) is 12.6 Å². The van der Waals surface area contributed by atoms with Crippen molar-refractivity contribution in [2.24, 2.45) is 0 Å². The van der Waals surface area contributed by atoms with Crippen molar-refractivity contribution < 1.29 is 4.74 Å². The molecule has 46 valence electrons. The van der Waals surface area contributed by atoms with E-state index in [1.807, 2.05) is 0 Å². The largest absolute Gasteiger partial charge is 0.372 e. The van der Waals surface area contributed by atoms with Crippen LogP contribution in [0, 0.1) is 0 Å². The molecule has 2 nitrogen and oxygen atoms in total. The van der Waals surface area contributed by atoms with E-state index >= 15 is 0 Å². The lowest BCUT2D eigenvalue weighted by atomic mass is 10.1. The van der Waals surface area contributed by atoms with Crippen molar-refractivity contribution in [3.8, 4) is 0 Å². The molecule has 2 aliphatic rings. The fraction of sp³-hybridized carbons (Fsp3) is 1.00. The molecule has 2 rings (SSSR count). The molecule has 2 heteroatoms. The molecule has 8 heavy (non-hydrogen) atoms. The molecule has 0 aromatic heterocycles. The standard InChI is InChI=1S/C6H11NO/c1-6-2-5(3-8-6)7-4-6/h5,7H,2-4H2,1H3. The first-order valence-corrected chi connectivity index (χ1v) is 3.16. The van der Waals surface area contributed by atoms with Gasteiger partial charge >= 0.3 is 0 Å². The highest BCUT2D eigenvalue weighted by molar-refractivity contribution is 4.97. The van der Waals surface area contributed by atoms with E-state index in [4.69, 9.17) is 4.74 Å². The highest BCUT2D eigenvalue weighted by Crippen LogP contribution is 2.29. The molecule has 2 bridgehead atoms. The Balaban J connectivity index is 2.19. The molecule has 0 aliphatic carbocycles. The van der Waals surface area contributed by atoms with E-state index in [9.17, 15) is 0 Å². The maximum atomic E-state index is 5.48. The van der Waals surface area contributed by atoms with Crippen molar-refractivity contribution in [3.63, 3.8) is 0 Å². The van der Waals surface area contributed by atoms with Crippen molar-refractivity contribution in [2.75, 3.05) is 13.2 Å². The first kappa shape index (κ1) is 4.77. The van der Waals surface area contributed by atoms with E-state index in [0.717, 1.165) is 13.2 Å². The summed E-state index contributed by atoms with van der Waals surface area (Å²) in [6.45, 7) is 4.15. The van der Waals surface area contributed by atoms with Crippen LogP contribution in [0.4, 0.5) is 0 Å². The van der Waals surface area contributed by atoms with Gasteiger partial charge in [-0.3, -0.25) is 0 Å². The monoisotopic (exact) mass is 113 g/mol. The predicted molar refractivity (Wildman–Crippen MR) is 30.8 cm³/mol. The van der Waals surface area contributed by atoms with Crippen LogP contribution >= 0.6 is 0 Å². The summed E-state index contributed by atoms with van der Waals surface area (Å²) >= 11 is 0. The Morgan fingerprint density at radius 3 is 2.75 bits per heavy atom. The average Bonchev–Trinajstić information content (AvgIpc) is 2.21. The lowest BCUT2D eigenvalue weighted by molar-refractivity contribution is 0.00903. The summed E-state index contributed by atoms with van der Waals surface area (Å²) in [5.74, 6) is 0. The molecule has 2 atom stereocenters. The van der Waals surface area contributed by atoms with Crippen LogP contribution < -0.4 is 5.32 Å². The van der Waals surface area contributed by atoms with Gasteiger partial charge in [0.1, 0.15) is 0 Å². The lowest BCUT2D eigenvalue weighted by Gasteiger charge is -2.20. The van der Waals surface area contributed by atoms with Crippen LogP contribution in [0.15, 0.2) is 0 Å². The fourth-order valence-electron chi connectivity index (χ4n) is 1.56. The second-order valence-electron chi connectivity index (χ2n) is 3.04. The van der Waals surface area contributed by atoms with Gasteiger partial charge in [0.15, 0.2) is 0 Å². The Morgan fingerprint density at radius 2 is 2.62 bits per heavy atom. The molecule has 2 saturated heterocycles. The third kappa shape index (κ3) is 0.501. The van der Waals surface area contributed by atoms with Crippen LogP contribution in [0.1, 0.15) is 13.3 Å². The molecule has 0 aromatic rings. The zero-order valence-corrected chi connectivity index (χ0v) is 5.11. The Morgan fingerprint density at radius 1 is 1.75 bits per heavy atom. The predicted octanol–water partition coefficient (Wildman–Crippen LogP) is 0.137. The molecule has 0 spiro atoms. The number of ether oxygens (including phenoxy) is 1. The van der Waals surface area contributed by atoms with Gasteiger partial charge < -0.3 is 10.1 Å². The number of hydrogen-bond donors (Lipinski definition) is 1. The van der Waals surface area contributed by atoms with E-state index in [1.54, 1.807) is 0 Å². The highest BCUT2D eigenvalue weighted by atomic mass is 16.5. The van der Waals surface area contributed by atoms with E-state index in [0.29, 0.717) is 6.04 Å². The molecular weight excluding hydrogens is 102 g/mol. The zero-order valence-electron chi connectivity index (χ0n) is 5.11. The maximum absolute atomic E-state index is 5.48. The van der Waals surface area contributed by atoms with Crippen LogP contribution in [-0.4, -0.2) is 24.8 Å². The molecular formula is C6H11NO. The van der Waals surface area contributed by atoms with Crippen LogP contribution in [0.5, 0.6) is 0 Å². The number of hydrogen-bond acceptors (Lipinski definition) is 2. The van der Waals surface area contributed by atoms with Gasteiger partial charge in [-0.1, -0.05) is 0 Å². The summed E-state index contributed by atoms with van der Waals surface area (Å²) in [5, 5.41) is 3.37. The quantitative estimate of drug-likeness (QED) is 0.482. The molecule has 2 fully saturated rings. The molecule has 0 saturated carbocycles. The third-order valence-electron chi connectivity index (χ3n) is 2.08. The SMILES string of the molecule is CC12CNC(CO1)C2. The number of fused-ring (bicyclic) bond motifs is 2. The summed E-state index contributed by atoms with van der Waals surface area (Å²) in [6, 6.07) is 0.667. The third-order valence-corrected chi connectivity index (χ3v) is 2.08. The number of morpholine rings is 1. The van der Waals surface area contributed by atoms with E-state index in [1.165, 1.54) is 6.42 Å². The minimum atomic E-state index is 0.199. The van der Waals surface area contributed by atoms with Gasteiger partial charge in [0.05, 0.1) is 12.2 Å². The smallest absolute Gasteiger partial charge is 0.0794 e. The van der Waals surface area contributed by atoms with E-state index < -0.39 is 0 Å². The molecule has 2 aliphatic heterocycles. The lowest BCUT2D eigenvalue weighted by Crippen LogP contribution is -2.36. The van der Waals surface area contributed by atoms with Crippen molar-refractivity contribution in [2.45, 2.75) is 25.0 Å². The second kappa shape index (κ2) is 1.25. The second-order valence-corrected chi connectivity index (χ2v) is 3.04. The van der Waals surface area contributed by atoms with Gasteiger partial charge in [0.25, 0.3) is 0 Å². The number of rotatable bonds is 0. The van der Waals surface area contributed by atoms with Crippen LogP contribution in [0.25, 0.3) is 0 Å². The fourth-order valence-corrected chi connectivity index (χ4v) is 1.56. The number of nitrogens with one attached hydrogen (secondary N) is 1. The summed E-state index contributed by atoms with van der Waals surface area (Å²) in [6.07, 6.45) is 1.22. The van der Waals surface area contributed by atoms with Gasteiger partial charge in [-0.15, -0.1) is 0 Å². The topological polar surface area (TPSA) is 21.3 Å². The molecule has 0 amide bonds. The van der Waals surface area contributed by atoms with Crippen LogP contribution in [-0.2, 0) is 4.74 Å². The normalized spacial score (nSPS) is 52.9. The first-order chi connectivity index (χ1) is 3.79. The Bertz CT molecular complexity index is 105. The summed E-state index contributed by atoms with van der Waals surface area (Å²) in [5.41, 5.74) is 0.199. The summed E-state index contributed by atoms with van der Waals surface area (Å²) < 4.78 is 5.48. The van der Waals surface area contributed by atoms with E-state index in [2.05, 4.69) is 12.2 Å². The average molecular weight is 113 g/mol. The van der Waals surface area contributed by atoms with Crippen molar-refractivity contribution in [1.29, 1.82) is 0 Å². The van der Waals surface area contributed by atoms with Crippen molar-refractivity contribution in [3.05, 3.63) is 0 Å². The summed E-state index contributed by atoms with van der Waals surface area (Å²) in [4.78, 5) is 0. The molecule has 0 radical (unpaired) electrons. The minimum Gasteiger partial charge on any atom is -0.372 e. The maximum Gasteiger partial charge on any atom is 0.0794 e. The molecule has 0 aromatic carbocycles. The van der Waals surface area contributed by atoms with Crippen LogP contribution in [0.3, 0.4) is 0 Å². The highest BCUT2D eigenvalue weighted by Gasteiger charge is 2.41. The first-order valence-electron chi connectivity index (χ1n) is 3.16. The van der Waals surface area contributed by atoms with Crippen molar-refractivity contribution in [1.82, 2.24) is 5.32 Å². The zero-order chi connectivity index (χ0) is 5.61. The Hall–Kier alpha value is -0.0800. The summed E-state index contributed by atoms with van der Waals surface area (Å²) in [7, 11) is 0. The van der Waals surface area contributed by atoms with Crippen LogP contribution in [0.2, 0.25) is 0 Å². The Labute approximate surface area is 49.2 Å². The Kier molecular flexibility index (Phi) is 0.746. The van der Waals surface area contributed by atoms with E-state index in [-0.39, 0.29) is 5.60 Å². The van der Waals surface area contributed by atoms with Crippen molar-refractivity contribution >= 4 is 0 Å². The molecule has 2 unspecified atom stereocenters. The van der Waals surface area contributed by atoms with Gasteiger partial charge in [-0.2, -0.15) is 0 Å². The minimum absolute atomic E-state index is 0.199.